The van der Waals surface area contributed by atoms with Gasteiger partial charge in [0, 0.05) is 23.2 Å². The predicted molar refractivity (Wildman–Crippen MR) is 111 cm³/mol. The average Bonchev–Trinajstić information content (AvgIpc) is 3.36. The number of carbonyl (C=O) groups excluding carboxylic acids is 2. The van der Waals surface area contributed by atoms with Gasteiger partial charge in [-0.05, 0) is 11.6 Å². The zero-order valence-corrected chi connectivity index (χ0v) is 15.5. The third kappa shape index (κ3) is 3.72. The van der Waals surface area contributed by atoms with Crippen LogP contribution in [0.25, 0.3) is 6.08 Å². The van der Waals surface area contributed by atoms with Crippen LogP contribution >= 0.6 is 11.3 Å². The van der Waals surface area contributed by atoms with Gasteiger partial charge in [0.2, 0.25) is 0 Å². The molecule has 3 aromatic rings. The van der Waals surface area contributed by atoms with E-state index in [1.54, 1.807) is 17.7 Å². The second-order valence-corrected chi connectivity index (χ2v) is 6.81. The molecule has 0 saturated heterocycles. The summed E-state index contributed by atoms with van der Waals surface area (Å²) < 4.78 is 0. The summed E-state index contributed by atoms with van der Waals surface area (Å²) in [6.07, 6.45) is 6.03. The molecule has 1 amide bonds. The maximum Gasteiger partial charge on any atom is 0.284 e. The van der Waals surface area contributed by atoms with Crippen LogP contribution in [0.1, 0.15) is 11.1 Å². The van der Waals surface area contributed by atoms with Crippen molar-refractivity contribution in [2.24, 2.45) is 4.99 Å². The second-order valence-electron chi connectivity index (χ2n) is 5.93. The smallest absolute Gasteiger partial charge is 0.284 e. The van der Waals surface area contributed by atoms with Gasteiger partial charge >= 0.3 is 0 Å². The van der Waals surface area contributed by atoms with Crippen LogP contribution in [0.2, 0.25) is 0 Å². The van der Waals surface area contributed by atoms with E-state index in [0.717, 1.165) is 11.1 Å². The fourth-order valence-corrected chi connectivity index (χ4v) is 3.37. The lowest BCUT2D eigenvalue weighted by atomic mass is 10.2. The van der Waals surface area contributed by atoms with Crippen molar-refractivity contribution < 1.29 is 9.59 Å². The Labute approximate surface area is 166 Å². The van der Waals surface area contributed by atoms with E-state index in [0.29, 0.717) is 11.0 Å². The van der Waals surface area contributed by atoms with E-state index in [-0.39, 0.29) is 17.4 Å². The van der Waals surface area contributed by atoms with Gasteiger partial charge in [0.05, 0.1) is 0 Å². The fraction of sp³-hybridized carbons (Fsp3) is 0. The molecule has 0 bridgehead atoms. The number of benzene rings is 2. The predicted octanol–water partition coefficient (Wildman–Crippen LogP) is 4.10. The summed E-state index contributed by atoms with van der Waals surface area (Å²) in [7, 11) is 0. The van der Waals surface area contributed by atoms with Crippen molar-refractivity contribution in [3.8, 4) is 0 Å². The van der Waals surface area contributed by atoms with Crippen LogP contribution in [0.3, 0.4) is 0 Å². The van der Waals surface area contributed by atoms with Gasteiger partial charge < -0.3 is 0 Å². The monoisotopic (exact) mass is 385 g/mol. The van der Waals surface area contributed by atoms with Crippen molar-refractivity contribution in [2.45, 2.75) is 0 Å². The van der Waals surface area contributed by atoms with Gasteiger partial charge in [-0.2, -0.15) is 0 Å². The molecular formula is C22H15N3O2S. The maximum absolute atomic E-state index is 12.9. The van der Waals surface area contributed by atoms with E-state index in [4.69, 9.17) is 0 Å². The molecule has 4 rings (SSSR count). The quantitative estimate of drug-likeness (QED) is 0.621. The van der Waals surface area contributed by atoms with Crippen LogP contribution in [0.15, 0.2) is 95.1 Å². The minimum atomic E-state index is -0.365. The topological polar surface area (TPSA) is 62.6 Å². The summed E-state index contributed by atoms with van der Waals surface area (Å²) in [5, 5.41) is 2.31. The summed E-state index contributed by atoms with van der Waals surface area (Å²) in [4.78, 5) is 35.4. The van der Waals surface area contributed by atoms with Crippen LogP contribution in [0.5, 0.6) is 0 Å². The van der Waals surface area contributed by atoms with E-state index in [1.807, 2.05) is 60.7 Å². The molecule has 0 N–H and O–H groups in total. The van der Waals surface area contributed by atoms with Crippen molar-refractivity contribution in [1.29, 1.82) is 0 Å². The SMILES string of the molecule is O=C(/C=C1\N=C(c2ccccc2)N(c2nccs2)C1=O)/C=C/c1ccccc1. The first-order chi connectivity index (χ1) is 13.7. The molecular weight excluding hydrogens is 370 g/mol. The Morgan fingerprint density at radius 2 is 1.71 bits per heavy atom. The Hall–Kier alpha value is -3.64. The van der Waals surface area contributed by atoms with Crippen LogP contribution in [-0.4, -0.2) is 22.5 Å². The third-order valence-electron chi connectivity index (χ3n) is 4.02. The molecule has 28 heavy (non-hydrogen) atoms. The first-order valence-electron chi connectivity index (χ1n) is 8.59. The highest BCUT2D eigenvalue weighted by Crippen LogP contribution is 2.28. The molecule has 2 heterocycles. The van der Waals surface area contributed by atoms with Crippen molar-refractivity contribution in [2.75, 3.05) is 4.90 Å². The normalized spacial score (nSPS) is 15.4. The van der Waals surface area contributed by atoms with Gasteiger partial charge in [-0.3, -0.25) is 9.59 Å². The molecule has 6 heteroatoms. The lowest BCUT2D eigenvalue weighted by Crippen LogP contribution is -2.32. The summed E-state index contributed by atoms with van der Waals surface area (Å²) in [6.45, 7) is 0. The Bertz CT molecular complexity index is 1090. The van der Waals surface area contributed by atoms with Gasteiger partial charge in [0.25, 0.3) is 5.91 Å². The highest BCUT2D eigenvalue weighted by molar-refractivity contribution is 7.14. The summed E-state index contributed by atoms with van der Waals surface area (Å²) in [5.74, 6) is -0.203. The molecule has 1 aromatic heterocycles. The number of allylic oxidation sites excluding steroid dienone is 2. The van der Waals surface area contributed by atoms with E-state index in [1.165, 1.54) is 28.4 Å². The maximum atomic E-state index is 12.9. The second kappa shape index (κ2) is 7.94. The number of anilines is 1. The number of rotatable bonds is 5. The first kappa shape index (κ1) is 17.8. The fourth-order valence-electron chi connectivity index (χ4n) is 2.73. The molecule has 0 atom stereocenters. The van der Waals surface area contributed by atoms with Crippen molar-refractivity contribution in [1.82, 2.24) is 4.98 Å². The van der Waals surface area contributed by atoms with Gasteiger partial charge in [-0.1, -0.05) is 66.7 Å². The van der Waals surface area contributed by atoms with Crippen molar-refractivity contribution in [3.05, 3.63) is 101 Å². The van der Waals surface area contributed by atoms with Gasteiger partial charge in [0.1, 0.15) is 11.5 Å². The number of hydrogen-bond donors (Lipinski definition) is 0. The molecule has 2 aromatic carbocycles. The summed E-state index contributed by atoms with van der Waals surface area (Å²) in [5.41, 5.74) is 1.78. The zero-order chi connectivity index (χ0) is 19.3. The summed E-state index contributed by atoms with van der Waals surface area (Å²) >= 11 is 1.34. The molecule has 5 nitrogen and oxygen atoms in total. The van der Waals surface area contributed by atoms with Crippen molar-refractivity contribution in [3.63, 3.8) is 0 Å². The molecule has 0 saturated carbocycles. The molecule has 0 aliphatic carbocycles. The van der Waals surface area contributed by atoms with E-state index >= 15 is 0 Å². The van der Waals surface area contributed by atoms with E-state index in [9.17, 15) is 9.59 Å². The molecule has 1 aliphatic heterocycles. The number of thiazole rings is 1. The molecule has 136 valence electrons. The Kier molecular flexibility index (Phi) is 5.03. The lowest BCUT2D eigenvalue weighted by molar-refractivity contribution is -0.115. The number of amides is 1. The van der Waals surface area contributed by atoms with Crippen molar-refractivity contribution >= 4 is 40.1 Å². The molecule has 0 unspecified atom stereocenters. The number of nitrogens with zero attached hydrogens (tertiary/aromatic N) is 3. The van der Waals surface area contributed by atoms with Gasteiger partial charge in [0.15, 0.2) is 10.9 Å². The summed E-state index contributed by atoms with van der Waals surface area (Å²) in [6, 6.07) is 18.9. The highest BCUT2D eigenvalue weighted by atomic mass is 32.1. The molecule has 1 aliphatic rings. The highest BCUT2D eigenvalue weighted by Gasteiger charge is 2.34. The Morgan fingerprint density at radius 3 is 2.39 bits per heavy atom. The largest absolute Gasteiger partial charge is 0.290 e. The molecule has 0 spiro atoms. The van der Waals surface area contributed by atoms with E-state index in [2.05, 4.69) is 9.98 Å². The number of ketones is 1. The number of aliphatic imine (C=N–C) groups is 1. The standard InChI is InChI=1S/C22H15N3O2S/c26-18(12-11-16-7-3-1-4-8-16)15-19-21(27)25(22-23-13-14-28-22)20(24-19)17-9-5-2-6-10-17/h1-15H/b12-11+,19-15-. The number of amidine groups is 1. The average molecular weight is 385 g/mol. The Morgan fingerprint density at radius 1 is 1.00 bits per heavy atom. The molecule has 0 fully saturated rings. The molecule has 0 radical (unpaired) electrons. The van der Waals surface area contributed by atoms with Crippen LogP contribution in [0, 0.1) is 0 Å². The van der Waals surface area contributed by atoms with Crippen LogP contribution in [0.4, 0.5) is 5.13 Å². The first-order valence-corrected chi connectivity index (χ1v) is 9.47. The minimum Gasteiger partial charge on any atom is -0.290 e. The zero-order valence-electron chi connectivity index (χ0n) is 14.7. The minimum absolute atomic E-state index is 0.0942. The number of carbonyl (C=O) groups is 2. The lowest BCUT2D eigenvalue weighted by Gasteiger charge is -2.14. The number of aromatic nitrogens is 1. The Balaban J connectivity index is 1.66. The van der Waals surface area contributed by atoms with Gasteiger partial charge in [-0.15, -0.1) is 11.3 Å². The van der Waals surface area contributed by atoms with Crippen LogP contribution in [-0.2, 0) is 9.59 Å². The third-order valence-corrected chi connectivity index (χ3v) is 4.78. The van der Waals surface area contributed by atoms with Gasteiger partial charge in [-0.25, -0.2) is 14.9 Å². The van der Waals surface area contributed by atoms with Crippen LogP contribution < -0.4 is 4.90 Å². The number of hydrogen-bond acceptors (Lipinski definition) is 5. The van der Waals surface area contributed by atoms with E-state index < -0.39 is 0 Å².